The number of nitrogens with one attached hydrogen (secondary N) is 2. The van der Waals surface area contributed by atoms with E-state index in [1.165, 1.54) is 0 Å². The zero-order valence-corrected chi connectivity index (χ0v) is 15.4. The maximum Gasteiger partial charge on any atom is 0.213 e. The summed E-state index contributed by atoms with van der Waals surface area (Å²) in [5.74, 6) is 2.87. The van der Waals surface area contributed by atoms with Crippen LogP contribution in [-0.4, -0.2) is 37.7 Å². The van der Waals surface area contributed by atoms with Crippen molar-refractivity contribution in [3.05, 3.63) is 17.8 Å². The molecule has 0 saturated heterocycles. The van der Waals surface area contributed by atoms with Gasteiger partial charge in [-0.3, -0.25) is 4.99 Å². The van der Waals surface area contributed by atoms with Crippen LogP contribution in [0.2, 0.25) is 0 Å². The minimum absolute atomic E-state index is 0.0266. The molecule has 0 aliphatic rings. The molecule has 1 rings (SSSR count). The second-order valence-corrected chi connectivity index (χ2v) is 7.04. The van der Waals surface area contributed by atoms with E-state index in [0.29, 0.717) is 18.4 Å². The first-order valence-corrected chi connectivity index (χ1v) is 8.30. The number of rotatable bonds is 8. The van der Waals surface area contributed by atoms with Crippen LogP contribution in [0.1, 0.15) is 52.7 Å². The van der Waals surface area contributed by atoms with Gasteiger partial charge in [0.15, 0.2) is 5.96 Å². The fraction of sp³-hybridized carbons (Fsp3) is 0.765. The van der Waals surface area contributed by atoms with Crippen LogP contribution >= 0.6 is 0 Å². The fourth-order valence-electron chi connectivity index (χ4n) is 1.82. The molecule has 0 spiro atoms. The van der Waals surface area contributed by atoms with E-state index in [0.717, 1.165) is 37.9 Å². The molecule has 0 aliphatic carbocycles. The molecule has 132 valence electrons. The van der Waals surface area contributed by atoms with Gasteiger partial charge in [-0.2, -0.15) is 0 Å². The van der Waals surface area contributed by atoms with Crippen LogP contribution in [0.25, 0.3) is 0 Å². The second kappa shape index (κ2) is 9.55. The van der Waals surface area contributed by atoms with Crippen molar-refractivity contribution in [1.82, 2.24) is 15.6 Å². The predicted molar refractivity (Wildman–Crippen MR) is 93.7 cm³/mol. The van der Waals surface area contributed by atoms with Crippen molar-refractivity contribution in [3.8, 4) is 0 Å². The molecule has 0 fully saturated rings. The molecular formula is C17H32N4O2. The highest BCUT2D eigenvalue weighted by Gasteiger charge is 2.19. The Kier molecular flexibility index (Phi) is 8.09. The Labute approximate surface area is 140 Å². The van der Waals surface area contributed by atoms with Gasteiger partial charge in [0.25, 0.3) is 0 Å². The molecule has 23 heavy (non-hydrogen) atoms. The molecule has 0 atom stereocenters. The molecule has 0 bridgehead atoms. The van der Waals surface area contributed by atoms with Crippen molar-refractivity contribution in [1.29, 1.82) is 0 Å². The average Bonchev–Trinajstić information content (AvgIpc) is 2.94. The van der Waals surface area contributed by atoms with E-state index in [1.807, 2.05) is 0 Å². The van der Waals surface area contributed by atoms with E-state index in [9.17, 15) is 0 Å². The normalized spacial score (nSPS) is 12.7. The van der Waals surface area contributed by atoms with Crippen LogP contribution in [0.4, 0.5) is 0 Å². The molecule has 0 amide bonds. The fourth-order valence-corrected chi connectivity index (χ4v) is 1.82. The van der Waals surface area contributed by atoms with Gasteiger partial charge in [-0.15, -0.1) is 0 Å². The summed E-state index contributed by atoms with van der Waals surface area (Å²) in [5.41, 5.74) is -0.0266. The Balaban J connectivity index is 2.25. The minimum Gasteiger partial charge on any atom is -0.443 e. The third-order valence-corrected chi connectivity index (χ3v) is 3.13. The van der Waals surface area contributed by atoms with Crippen molar-refractivity contribution < 1.29 is 9.15 Å². The molecule has 1 heterocycles. The van der Waals surface area contributed by atoms with E-state index in [1.54, 1.807) is 13.2 Å². The lowest BCUT2D eigenvalue weighted by molar-refractivity contribution is 0.108. The van der Waals surface area contributed by atoms with Crippen LogP contribution < -0.4 is 10.6 Å². The summed E-state index contributed by atoms with van der Waals surface area (Å²) in [4.78, 5) is 8.48. The average molecular weight is 324 g/mol. The van der Waals surface area contributed by atoms with Crippen molar-refractivity contribution in [2.45, 2.75) is 53.0 Å². The van der Waals surface area contributed by atoms with E-state index < -0.39 is 0 Å². The SMILES string of the molecule is CN=C(NCCCOCC(C)C)NCc1ncc(C(C)(C)C)o1. The van der Waals surface area contributed by atoms with Crippen LogP contribution in [0.15, 0.2) is 15.6 Å². The third-order valence-electron chi connectivity index (χ3n) is 3.13. The van der Waals surface area contributed by atoms with Gasteiger partial charge in [0.1, 0.15) is 5.76 Å². The lowest BCUT2D eigenvalue weighted by atomic mass is 9.94. The van der Waals surface area contributed by atoms with Crippen LogP contribution in [-0.2, 0) is 16.7 Å². The van der Waals surface area contributed by atoms with E-state index in [-0.39, 0.29) is 5.41 Å². The second-order valence-electron chi connectivity index (χ2n) is 7.04. The van der Waals surface area contributed by atoms with Crippen LogP contribution in [0.3, 0.4) is 0 Å². The van der Waals surface area contributed by atoms with E-state index in [2.05, 4.69) is 55.2 Å². The van der Waals surface area contributed by atoms with Gasteiger partial charge >= 0.3 is 0 Å². The van der Waals surface area contributed by atoms with Crippen molar-refractivity contribution in [3.63, 3.8) is 0 Å². The van der Waals surface area contributed by atoms with Crippen LogP contribution in [0.5, 0.6) is 0 Å². The van der Waals surface area contributed by atoms with Crippen LogP contribution in [0, 0.1) is 5.92 Å². The third kappa shape index (κ3) is 8.02. The Morgan fingerprint density at radius 2 is 2.09 bits per heavy atom. The molecule has 1 aromatic heterocycles. The molecular weight excluding hydrogens is 292 g/mol. The van der Waals surface area contributed by atoms with Crippen molar-refractivity contribution >= 4 is 5.96 Å². The molecule has 6 heteroatoms. The number of aromatic nitrogens is 1. The number of aliphatic imine (C=N–C) groups is 1. The highest BCUT2D eigenvalue weighted by atomic mass is 16.5. The highest BCUT2D eigenvalue weighted by Crippen LogP contribution is 2.22. The molecule has 2 N–H and O–H groups in total. The van der Waals surface area contributed by atoms with Crippen molar-refractivity contribution in [2.75, 3.05) is 26.8 Å². The zero-order valence-electron chi connectivity index (χ0n) is 15.4. The smallest absolute Gasteiger partial charge is 0.213 e. The summed E-state index contributed by atoms with van der Waals surface area (Å²) >= 11 is 0. The van der Waals surface area contributed by atoms with Gasteiger partial charge < -0.3 is 19.8 Å². The van der Waals surface area contributed by atoms with Crippen molar-refractivity contribution in [2.24, 2.45) is 10.9 Å². The minimum atomic E-state index is -0.0266. The number of guanidine groups is 1. The summed E-state index contributed by atoms with van der Waals surface area (Å²) in [6, 6.07) is 0. The molecule has 1 aromatic rings. The Bertz CT molecular complexity index is 475. The van der Waals surface area contributed by atoms with E-state index >= 15 is 0 Å². The first kappa shape index (κ1) is 19.5. The van der Waals surface area contributed by atoms with Gasteiger partial charge in [0, 0.05) is 32.2 Å². The summed E-state index contributed by atoms with van der Waals surface area (Å²) in [6.45, 7) is 13.5. The van der Waals surface area contributed by atoms with Gasteiger partial charge in [0.2, 0.25) is 5.89 Å². The summed E-state index contributed by atoms with van der Waals surface area (Å²) in [7, 11) is 1.75. The Hall–Kier alpha value is -1.56. The topological polar surface area (TPSA) is 71.7 Å². The summed E-state index contributed by atoms with van der Waals surface area (Å²) in [5, 5.41) is 6.46. The lowest BCUT2D eigenvalue weighted by Gasteiger charge is -2.13. The summed E-state index contributed by atoms with van der Waals surface area (Å²) in [6.07, 6.45) is 2.74. The maximum atomic E-state index is 5.75. The number of hydrogen-bond donors (Lipinski definition) is 2. The number of oxazole rings is 1. The number of hydrogen-bond acceptors (Lipinski definition) is 4. The van der Waals surface area contributed by atoms with Gasteiger partial charge in [0.05, 0.1) is 12.7 Å². The molecule has 0 radical (unpaired) electrons. The molecule has 0 aliphatic heterocycles. The Morgan fingerprint density at radius 1 is 1.35 bits per heavy atom. The van der Waals surface area contributed by atoms with E-state index in [4.69, 9.17) is 9.15 Å². The monoisotopic (exact) mass is 324 g/mol. The quantitative estimate of drug-likeness (QED) is 0.437. The van der Waals surface area contributed by atoms with Gasteiger partial charge in [-0.1, -0.05) is 34.6 Å². The summed E-state index contributed by atoms with van der Waals surface area (Å²) < 4.78 is 11.3. The standard InChI is InChI=1S/C17H32N4O2/c1-13(2)12-22-9-7-8-19-16(18-6)21-11-15-20-10-14(23-15)17(3,4)5/h10,13H,7-9,11-12H2,1-6H3,(H2,18,19,21). The zero-order chi connectivity index (χ0) is 17.3. The highest BCUT2D eigenvalue weighted by molar-refractivity contribution is 5.79. The Morgan fingerprint density at radius 3 is 2.65 bits per heavy atom. The molecule has 0 unspecified atom stereocenters. The van der Waals surface area contributed by atoms with Gasteiger partial charge in [-0.05, 0) is 12.3 Å². The molecule has 0 saturated carbocycles. The first-order valence-electron chi connectivity index (χ1n) is 8.30. The number of nitrogens with zero attached hydrogens (tertiary/aromatic N) is 2. The lowest BCUT2D eigenvalue weighted by Crippen LogP contribution is -2.37. The first-order chi connectivity index (χ1) is 10.8. The largest absolute Gasteiger partial charge is 0.443 e. The van der Waals surface area contributed by atoms with Gasteiger partial charge in [-0.25, -0.2) is 4.98 Å². The predicted octanol–water partition coefficient (Wildman–Crippen LogP) is 2.70. The molecule has 0 aromatic carbocycles. The maximum absolute atomic E-state index is 5.75. The number of ether oxygens (including phenoxy) is 1. The molecule has 6 nitrogen and oxygen atoms in total.